The predicted molar refractivity (Wildman–Crippen MR) is 80.9 cm³/mol. The van der Waals surface area contributed by atoms with Crippen LogP contribution in [-0.4, -0.2) is 38.1 Å². The zero-order chi connectivity index (χ0) is 14.1. The second kappa shape index (κ2) is 5.52. The van der Waals surface area contributed by atoms with Crippen LogP contribution >= 0.6 is 0 Å². The van der Waals surface area contributed by atoms with Gasteiger partial charge in [0.25, 0.3) is 0 Å². The molecule has 0 saturated carbocycles. The van der Waals surface area contributed by atoms with Crippen molar-refractivity contribution in [3.8, 4) is 0 Å². The van der Waals surface area contributed by atoms with E-state index in [1.165, 1.54) is 31.4 Å². The lowest BCUT2D eigenvalue weighted by molar-refractivity contribution is 0.110. The van der Waals surface area contributed by atoms with Gasteiger partial charge in [-0.3, -0.25) is 9.30 Å². The van der Waals surface area contributed by atoms with Crippen LogP contribution < -0.4 is 0 Å². The van der Waals surface area contributed by atoms with E-state index in [1.54, 1.807) is 0 Å². The Bertz CT molecular complexity index is 587. The first-order chi connectivity index (χ1) is 9.66. The van der Waals surface area contributed by atoms with E-state index in [9.17, 15) is 0 Å². The third-order valence-corrected chi connectivity index (χ3v) is 4.45. The Balaban J connectivity index is 1.86. The number of likely N-dealkylation sites (tertiary alicyclic amines) is 1. The van der Waals surface area contributed by atoms with Crippen molar-refractivity contribution in [2.24, 2.45) is 0 Å². The molecule has 0 spiro atoms. The maximum atomic E-state index is 4.43. The second-order valence-corrected chi connectivity index (χ2v) is 6.19. The summed E-state index contributed by atoms with van der Waals surface area (Å²) in [6.07, 6.45) is 7.03. The van der Waals surface area contributed by atoms with Gasteiger partial charge in [-0.25, -0.2) is 0 Å². The van der Waals surface area contributed by atoms with Gasteiger partial charge in [-0.05, 0) is 51.8 Å². The topological polar surface area (TPSA) is 33.4 Å². The highest BCUT2D eigenvalue weighted by Gasteiger charge is 2.26. The van der Waals surface area contributed by atoms with E-state index < -0.39 is 0 Å². The molecule has 2 aromatic heterocycles. The van der Waals surface area contributed by atoms with Crippen LogP contribution in [0.3, 0.4) is 0 Å². The highest BCUT2D eigenvalue weighted by atomic mass is 15.3. The molecule has 0 radical (unpaired) electrons. The minimum absolute atomic E-state index is 0.608. The molecule has 20 heavy (non-hydrogen) atoms. The Morgan fingerprint density at radius 2 is 2.15 bits per heavy atom. The summed E-state index contributed by atoms with van der Waals surface area (Å²) in [5.41, 5.74) is 2.19. The zero-order valence-corrected chi connectivity index (χ0v) is 12.7. The Kier molecular flexibility index (Phi) is 3.74. The van der Waals surface area contributed by atoms with Crippen LogP contribution in [0.5, 0.6) is 0 Å². The average Bonchev–Trinajstić information content (AvgIpc) is 2.84. The fourth-order valence-electron chi connectivity index (χ4n) is 3.37. The number of hydrogen-bond acceptors (Lipinski definition) is 3. The molecule has 0 aromatic carbocycles. The highest BCUT2D eigenvalue weighted by Crippen LogP contribution is 2.22. The molecule has 3 heterocycles. The molecular weight excluding hydrogens is 248 g/mol. The Morgan fingerprint density at radius 3 is 2.95 bits per heavy atom. The summed E-state index contributed by atoms with van der Waals surface area (Å²) in [6.45, 7) is 7.90. The zero-order valence-electron chi connectivity index (χ0n) is 12.7. The summed E-state index contributed by atoms with van der Waals surface area (Å²) in [5, 5.41) is 8.78. The smallest absolute Gasteiger partial charge is 0.163 e. The van der Waals surface area contributed by atoms with Crippen molar-refractivity contribution < 1.29 is 0 Å². The SMILES string of the molecule is Cc1cccn2c(CC3CCCCN3C(C)C)nnc12. The molecule has 0 aliphatic carbocycles. The number of piperidine rings is 1. The Morgan fingerprint density at radius 1 is 1.30 bits per heavy atom. The number of hydrogen-bond donors (Lipinski definition) is 0. The second-order valence-electron chi connectivity index (χ2n) is 6.19. The third-order valence-electron chi connectivity index (χ3n) is 4.45. The monoisotopic (exact) mass is 272 g/mol. The molecule has 4 nitrogen and oxygen atoms in total. The number of aryl methyl sites for hydroxylation is 1. The van der Waals surface area contributed by atoms with Crippen LogP contribution in [0.25, 0.3) is 5.65 Å². The van der Waals surface area contributed by atoms with E-state index in [0.717, 1.165) is 17.9 Å². The van der Waals surface area contributed by atoms with Crippen molar-refractivity contribution in [1.82, 2.24) is 19.5 Å². The number of nitrogens with zero attached hydrogens (tertiary/aromatic N) is 4. The molecule has 2 aromatic rings. The van der Waals surface area contributed by atoms with E-state index in [2.05, 4.69) is 58.6 Å². The normalized spacial score (nSPS) is 20.9. The van der Waals surface area contributed by atoms with Crippen molar-refractivity contribution >= 4 is 5.65 Å². The number of pyridine rings is 1. The molecule has 1 aliphatic heterocycles. The molecule has 0 N–H and O–H groups in total. The van der Waals surface area contributed by atoms with Gasteiger partial charge >= 0.3 is 0 Å². The summed E-state index contributed by atoms with van der Waals surface area (Å²) in [5.74, 6) is 1.10. The van der Waals surface area contributed by atoms with Crippen LogP contribution in [-0.2, 0) is 6.42 Å². The van der Waals surface area contributed by atoms with Crippen LogP contribution in [0.15, 0.2) is 18.3 Å². The summed E-state index contributed by atoms with van der Waals surface area (Å²) < 4.78 is 2.16. The van der Waals surface area contributed by atoms with E-state index in [-0.39, 0.29) is 0 Å². The first-order valence-electron chi connectivity index (χ1n) is 7.72. The Hall–Kier alpha value is -1.42. The lowest BCUT2D eigenvalue weighted by Crippen LogP contribution is -2.45. The van der Waals surface area contributed by atoms with Crippen molar-refractivity contribution in [2.75, 3.05) is 6.54 Å². The average molecular weight is 272 g/mol. The highest BCUT2D eigenvalue weighted by molar-refractivity contribution is 5.46. The lowest BCUT2D eigenvalue weighted by Gasteiger charge is -2.38. The van der Waals surface area contributed by atoms with Gasteiger partial charge in [0.1, 0.15) is 5.82 Å². The van der Waals surface area contributed by atoms with Gasteiger partial charge in [-0.15, -0.1) is 10.2 Å². The first-order valence-corrected chi connectivity index (χ1v) is 7.72. The molecule has 1 saturated heterocycles. The molecular formula is C16H24N4. The number of aromatic nitrogens is 3. The maximum Gasteiger partial charge on any atom is 0.163 e. The summed E-state index contributed by atoms with van der Waals surface area (Å²) in [4.78, 5) is 2.63. The maximum absolute atomic E-state index is 4.43. The number of rotatable bonds is 3. The molecule has 1 aliphatic rings. The molecule has 1 unspecified atom stereocenters. The lowest BCUT2D eigenvalue weighted by atomic mass is 9.97. The number of fused-ring (bicyclic) bond motifs is 1. The standard InChI is InChI=1S/C16H24N4/c1-12(2)19-9-5-4-8-14(19)11-15-17-18-16-13(3)7-6-10-20(15)16/h6-7,10,12,14H,4-5,8-9,11H2,1-3H3. The van der Waals surface area contributed by atoms with Gasteiger partial charge in [-0.2, -0.15) is 0 Å². The summed E-state index contributed by atoms with van der Waals surface area (Å²) in [7, 11) is 0. The minimum Gasteiger partial charge on any atom is -0.298 e. The summed E-state index contributed by atoms with van der Waals surface area (Å²) >= 11 is 0. The molecule has 3 rings (SSSR count). The molecule has 0 bridgehead atoms. The largest absolute Gasteiger partial charge is 0.298 e. The van der Waals surface area contributed by atoms with Crippen molar-refractivity contribution in [3.05, 3.63) is 29.7 Å². The van der Waals surface area contributed by atoms with E-state index >= 15 is 0 Å². The molecule has 1 atom stereocenters. The quantitative estimate of drug-likeness (QED) is 0.861. The van der Waals surface area contributed by atoms with Crippen LogP contribution in [0.4, 0.5) is 0 Å². The first kappa shape index (κ1) is 13.6. The van der Waals surface area contributed by atoms with Crippen LogP contribution in [0, 0.1) is 6.92 Å². The fraction of sp³-hybridized carbons (Fsp3) is 0.625. The molecule has 108 valence electrons. The van der Waals surface area contributed by atoms with Crippen LogP contribution in [0.2, 0.25) is 0 Å². The van der Waals surface area contributed by atoms with Gasteiger partial charge in [0.2, 0.25) is 0 Å². The van der Waals surface area contributed by atoms with Crippen molar-refractivity contribution in [1.29, 1.82) is 0 Å². The van der Waals surface area contributed by atoms with Gasteiger partial charge in [-0.1, -0.05) is 12.5 Å². The van der Waals surface area contributed by atoms with E-state index in [0.29, 0.717) is 12.1 Å². The summed E-state index contributed by atoms with van der Waals surface area (Å²) in [6, 6.07) is 5.39. The van der Waals surface area contributed by atoms with Crippen molar-refractivity contribution in [2.45, 2.75) is 58.5 Å². The van der Waals surface area contributed by atoms with Gasteiger partial charge in [0, 0.05) is 24.7 Å². The van der Waals surface area contributed by atoms with Gasteiger partial charge < -0.3 is 0 Å². The van der Waals surface area contributed by atoms with Gasteiger partial charge in [0.15, 0.2) is 5.65 Å². The van der Waals surface area contributed by atoms with Gasteiger partial charge in [0.05, 0.1) is 0 Å². The molecule has 0 amide bonds. The van der Waals surface area contributed by atoms with Crippen LogP contribution in [0.1, 0.15) is 44.5 Å². The van der Waals surface area contributed by atoms with E-state index in [1.807, 2.05) is 0 Å². The van der Waals surface area contributed by atoms with Crippen molar-refractivity contribution in [3.63, 3.8) is 0 Å². The third kappa shape index (κ3) is 2.44. The molecule has 4 heteroatoms. The minimum atomic E-state index is 0.608. The van der Waals surface area contributed by atoms with E-state index in [4.69, 9.17) is 0 Å². The fourth-order valence-corrected chi connectivity index (χ4v) is 3.37. The Labute approximate surface area is 120 Å². The molecule has 1 fully saturated rings. The predicted octanol–water partition coefficient (Wildman–Crippen LogP) is 2.84.